The summed E-state index contributed by atoms with van der Waals surface area (Å²) in [5.74, 6) is 0.698. The van der Waals surface area contributed by atoms with Crippen molar-refractivity contribution in [2.75, 3.05) is 32.1 Å². The molecule has 1 aromatic heterocycles. The monoisotopic (exact) mass is 370 g/mol. The van der Waals surface area contributed by atoms with Gasteiger partial charge in [0.25, 0.3) is 0 Å². The number of nitrogens with one attached hydrogen (secondary N) is 1. The fourth-order valence-electron chi connectivity index (χ4n) is 3.39. The number of aromatic nitrogens is 2. The van der Waals surface area contributed by atoms with E-state index in [1.807, 2.05) is 30.3 Å². The third-order valence-corrected chi connectivity index (χ3v) is 6.65. The first kappa shape index (κ1) is 17.1. The lowest BCUT2D eigenvalue weighted by Gasteiger charge is -2.22. The maximum atomic E-state index is 12.6. The molecule has 136 valence electrons. The zero-order valence-corrected chi connectivity index (χ0v) is 15.8. The molecular weight excluding hydrogens is 348 g/mol. The molecule has 0 bridgehead atoms. The largest absolute Gasteiger partial charge is 0.371 e. The molecule has 0 saturated carbocycles. The second-order valence-electron chi connectivity index (χ2n) is 6.76. The number of rotatable bonds is 4. The Bertz CT molecular complexity index is 1020. The molecule has 2 aromatic carbocycles. The molecule has 7 heteroatoms. The minimum Gasteiger partial charge on any atom is -0.371 e. The van der Waals surface area contributed by atoms with Gasteiger partial charge in [-0.25, -0.2) is 17.7 Å². The van der Waals surface area contributed by atoms with Crippen molar-refractivity contribution in [2.45, 2.75) is 17.7 Å². The molecule has 1 fully saturated rings. The van der Waals surface area contributed by atoms with E-state index in [1.54, 1.807) is 26.2 Å². The number of sulfonamides is 1. The van der Waals surface area contributed by atoms with Gasteiger partial charge >= 0.3 is 0 Å². The highest BCUT2D eigenvalue weighted by Gasteiger charge is 2.23. The van der Waals surface area contributed by atoms with E-state index >= 15 is 0 Å². The number of para-hydroxylation sites is 2. The molecule has 26 heavy (non-hydrogen) atoms. The van der Waals surface area contributed by atoms with Crippen molar-refractivity contribution in [1.82, 2.24) is 14.3 Å². The van der Waals surface area contributed by atoms with Crippen LogP contribution in [0.3, 0.4) is 0 Å². The third kappa shape index (κ3) is 2.87. The van der Waals surface area contributed by atoms with Gasteiger partial charge in [-0.1, -0.05) is 12.1 Å². The van der Waals surface area contributed by atoms with Crippen molar-refractivity contribution < 1.29 is 8.42 Å². The number of anilines is 1. The van der Waals surface area contributed by atoms with E-state index in [9.17, 15) is 8.42 Å². The summed E-state index contributed by atoms with van der Waals surface area (Å²) in [5, 5.41) is 0. The molecule has 0 unspecified atom stereocenters. The van der Waals surface area contributed by atoms with Gasteiger partial charge in [-0.05, 0) is 43.2 Å². The lowest BCUT2D eigenvalue weighted by Crippen LogP contribution is -2.23. The maximum Gasteiger partial charge on any atom is 0.242 e. The van der Waals surface area contributed by atoms with E-state index in [4.69, 9.17) is 4.98 Å². The second-order valence-corrected chi connectivity index (χ2v) is 8.91. The van der Waals surface area contributed by atoms with E-state index < -0.39 is 10.0 Å². The first-order valence-corrected chi connectivity index (χ1v) is 10.2. The molecule has 3 aromatic rings. The van der Waals surface area contributed by atoms with Crippen molar-refractivity contribution >= 4 is 26.7 Å². The van der Waals surface area contributed by atoms with Crippen LogP contribution >= 0.6 is 0 Å². The Kier molecular flexibility index (Phi) is 4.20. The normalized spacial score (nSPS) is 15.3. The second kappa shape index (κ2) is 6.41. The first-order chi connectivity index (χ1) is 12.5. The van der Waals surface area contributed by atoms with Crippen molar-refractivity contribution in [3.8, 4) is 11.4 Å². The van der Waals surface area contributed by atoms with Crippen LogP contribution in [0, 0.1) is 0 Å². The zero-order chi connectivity index (χ0) is 18.3. The summed E-state index contributed by atoms with van der Waals surface area (Å²) in [4.78, 5) is 10.6. The van der Waals surface area contributed by atoms with Crippen molar-refractivity contribution in [1.29, 1.82) is 0 Å². The van der Waals surface area contributed by atoms with Crippen LogP contribution in [0.1, 0.15) is 12.8 Å². The number of hydrogen-bond acceptors (Lipinski definition) is 4. The Morgan fingerprint density at radius 2 is 1.81 bits per heavy atom. The molecule has 4 rings (SSSR count). The van der Waals surface area contributed by atoms with Gasteiger partial charge < -0.3 is 9.88 Å². The predicted octanol–water partition coefficient (Wildman–Crippen LogP) is 3.08. The van der Waals surface area contributed by atoms with Crippen LogP contribution in [-0.4, -0.2) is 49.9 Å². The zero-order valence-electron chi connectivity index (χ0n) is 14.9. The topological polar surface area (TPSA) is 69.3 Å². The highest BCUT2D eigenvalue weighted by molar-refractivity contribution is 7.89. The molecule has 0 atom stereocenters. The van der Waals surface area contributed by atoms with Crippen LogP contribution in [0.2, 0.25) is 0 Å². The molecule has 0 aliphatic carbocycles. The Morgan fingerprint density at radius 3 is 2.50 bits per heavy atom. The number of benzene rings is 2. The van der Waals surface area contributed by atoms with Gasteiger partial charge in [0.2, 0.25) is 10.0 Å². The van der Waals surface area contributed by atoms with Gasteiger partial charge in [-0.3, -0.25) is 0 Å². The minimum absolute atomic E-state index is 0.279. The summed E-state index contributed by atoms with van der Waals surface area (Å²) in [6, 6.07) is 13.2. The molecule has 1 N–H and O–H groups in total. The molecule has 0 radical (unpaired) electrons. The summed E-state index contributed by atoms with van der Waals surface area (Å²) in [6.07, 6.45) is 2.30. The van der Waals surface area contributed by atoms with Gasteiger partial charge in [-0.2, -0.15) is 0 Å². The summed E-state index contributed by atoms with van der Waals surface area (Å²) < 4.78 is 26.4. The highest BCUT2D eigenvalue weighted by atomic mass is 32.2. The predicted molar refractivity (Wildman–Crippen MR) is 104 cm³/mol. The fourth-order valence-corrected chi connectivity index (χ4v) is 4.32. The van der Waals surface area contributed by atoms with Crippen LogP contribution in [0.5, 0.6) is 0 Å². The summed E-state index contributed by atoms with van der Waals surface area (Å²) in [7, 11) is -0.412. The SMILES string of the molecule is CN(C)S(=O)(=O)c1ccc(N2CCCC2)c(-c2nc3ccccc3[nH]2)c1. The molecule has 0 spiro atoms. The molecule has 0 amide bonds. The van der Waals surface area contributed by atoms with Crippen LogP contribution in [0.25, 0.3) is 22.4 Å². The lowest BCUT2D eigenvalue weighted by molar-refractivity contribution is 0.521. The van der Waals surface area contributed by atoms with E-state index in [1.165, 1.54) is 4.31 Å². The minimum atomic E-state index is -3.50. The number of fused-ring (bicyclic) bond motifs is 1. The van der Waals surface area contributed by atoms with Gasteiger partial charge in [0.05, 0.1) is 15.9 Å². The number of nitrogens with zero attached hydrogens (tertiary/aromatic N) is 3. The number of hydrogen-bond donors (Lipinski definition) is 1. The van der Waals surface area contributed by atoms with Gasteiger partial charge in [0.15, 0.2) is 0 Å². The maximum absolute atomic E-state index is 12.6. The van der Waals surface area contributed by atoms with Gasteiger partial charge in [0.1, 0.15) is 5.82 Å². The molecule has 1 saturated heterocycles. The highest BCUT2D eigenvalue weighted by Crippen LogP contribution is 2.34. The quantitative estimate of drug-likeness (QED) is 0.766. The van der Waals surface area contributed by atoms with E-state index in [0.717, 1.165) is 48.2 Å². The Balaban J connectivity index is 1.91. The first-order valence-electron chi connectivity index (χ1n) is 8.73. The van der Waals surface area contributed by atoms with Crippen molar-refractivity contribution in [3.63, 3.8) is 0 Å². The van der Waals surface area contributed by atoms with E-state index in [2.05, 4.69) is 9.88 Å². The lowest BCUT2D eigenvalue weighted by atomic mass is 10.1. The summed E-state index contributed by atoms with van der Waals surface area (Å²) >= 11 is 0. The average molecular weight is 370 g/mol. The summed E-state index contributed by atoms with van der Waals surface area (Å²) in [5.41, 5.74) is 3.66. The number of imidazole rings is 1. The van der Waals surface area contributed by atoms with Crippen molar-refractivity contribution in [2.24, 2.45) is 0 Å². The number of H-pyrrole nitrogens is 1. The van der Waals surface area contributed by atoms with Crippen LogP contribution < -0.4 is 4.90 Å². The molecular formula is C19H22N4O2S. The van der Waals surface area contributed by atoms with Gasteiger partial charge in [-0.15, -0.1) is 0 Å². The Labute approximate surface area is 153 Å². The van der Waals surface area contributed by atoms with Crippen LogP contribution in [-0.2, 0) is 10.0 Å². The number of aromatic amines is 1. The van der Waals surface area contributed by atoms with Gasteiger partial charge in [0, 0.05) is 38.4 Å². The summed E-state index contributed by atoms with van der Waals surface area (Å²) in [6.45, 7) is 1.96. The standard InChI is InChI=1S/C19H22N4O2S/c1-22(2)26(24,25)14-9-10-18(23-11-5-6-12-23)15(13-14)19-20-16-7-3-4-8-17(16)21-19/h3-4,7-10,13H,5-6,11-12H2,1-2H3,(H,20,21). The van der Waals surface area contributed by atoms with Crippen molar-refractivity contribution in [3.05, 3.63) is 42.5 Å². The Morgan fingerprint density at radius 1 is 1.08 bits per heavy atom. The molecule has 1 aliphatic heterocycles. The smallest absolute Gasteiger partial charge is 0.242 e. The fraction of sp³-hybridized carbons (Fsp3) is 0.316. The average Bonchev–Trinajstić information content (AvgIpc) is 3.30. The van der Waals surface area contributed by atoms with E-state index in [0.29, 0.717) is 5.82 Å². The molecule has 2 heterocycles. The van der Waals surface area contributed by atoms with Crippen LogP contribution in [0.15, 0.2) is 47.4 Å². The molecule has 6 nitrogen and oxygen atoms in total. The molecule has 1 aliphatic rings. The Hall–Kier alpha value is -2.38. The third-order valence-electron chi connectivity index (χ3n) is 4.84. The van der Waals surface area contributed by atoms with E-state index in [-0.39, 0.29) is 4.90 Å². The van der Waals surface area contributed by atoms with Crippen LogP contribution in [0.4, 0.5) is 5.69 Å².